The average Bonchev–Trinajstić information content (AvgIpc) is 3.15. The van der Waals surface area contributed by atoms with Gasteiger partial charge in [-0.2, -0.15) is 0 Å². The standard InChI is InChI=1S/C48H51N3O3/c1-10-19-34-28-31-43(40(25-16-7)37(34)22-13-4)52-46-49-47(53-44-32-29-35(20-11-2)38(23-14-5)41(44)26-17-8)51-48(50-46)54-45-33-30-36(21-12-3)39(24-15-6)42(45)27-18-9/h10-18,28-33H,1-9,19-27H2. The summed E-state index contributed by atoms with van der Waals surface area (Å²) in [5, 5.41) is 0. The van der Waals surface area contributed by atoms with E-state index in [4.69, 9.17) is 14.2 Å². The Balaban J connectivity index is 1.93. The van der Waals surface area contributed by atoms with Crippen LogP contribution in [0.25, 0.3) is 0 Å². The second-order valence-electron chi connectivity index (χ2n) is 12.5. The highest BCUT2D eigenvalue weighted by atomic mass is 16.5. The average molecular weight is 718 g/mol. The van der Waals surface area contributed by atoms with Crippen LogP contribution >= 0.6 is 0 Å². The Labute approximate surface area is 321 Å². The van der Waals surface area contributed by atoms with Gasteiger partial charge in [-0.3, -0.25) is 0 Å². The van der Waals surface area contributed by atoms with Gasteiger partial charge in [0.2, 0.25) is 0 Å². The molecule has 0 aliphatic heterocycles. The smallest absolute Gasteiger partial charge is 0.331 e. The van der Waals surface area contributed by atoms with Crippen molar-refractivity contribution in [2.75, 3.05) is 0 Å². The van der Waals surface area contributed by atoms with Gasteiger partial charge in [0.25, 0.3) is 0 Å². The van der Waals surface area contributed by atoms with Crippen LogP contribution in [0.4, 0.5) is 0 Å². The molecule has 0 bridgehead atoms. The van der Waals surface area contributed by atoms with E-state index in [2.05, 4.69) is 74.2 Å². The molecule has 1 heterocycles. The van der Waals surface area contributed by atoms with Crippen LogP contribution in [0.3, 0.4) is 0 Å². The molecule has 0 saturated heterocycles. The fraction of sp³-hybridized carbons (Fsp3) is 0.188. The fourth-order valence-electron chi connectivity index (χ4n) is 6.54. The number of rotatable bonds is 24. The summed E-state index contributed by atoms with van der Waals surface area (Å²) in [7, 11) is 0. The molecule has 3 aromatic carbocycles. The van der Waals surface area contributed by atoms with E-state index in [-0.39, 0.29) is 18.0 Å². The van der Waals surface area contributed by atoms with Crippen LogP contribution in [0.5, 0.6) is 35.3 Å². The topological polar surface area (TPSA) is 66.4 Å². The monoisotopic (exact) mass is 717 g/mol. The van der Waals surface area contributed by atoms with Gasteiger partial charge >= 0.3 is 18.0 Å². The third kappa shape index (κ3) is 9.98. The van der Waals surface area contributed by atoms with Gasteiger partial charge in [-0.15, -0.1) is 74.2 Å². The summed E-state index contributed by atoms with van der Waals surface area (Å²) < 4.78 is 19.5. The van der Waals surface area contributed by atoms with Gasteiger partial charge in [0.05, 0.1) is 0 Å². The lowest BCUT2D eigenvalue weighted by molar-refractivity contribution is 0.358. The molecule has 0 aliphatic rings. The van der Waals surface area contributed by atoms with Crippen LogP contribution in [0.2, 0.25) is 0 Å². The van der Waals surface area contributed by atoms with Crippen molar-refractivity contribution in [3.05, 3.63) is 200 Å². The summed E-state index contributed by atoms with van der Waals surface area (Å²) in [6.45, 7) is 35.8. The first-order valence-electron chi connectivity index (χ1n) is 18.1. The zero-order valence-corrected chi connectivity index (χ0v) is 31.5. The lowest BCUT2D eigenvalue weighted by atomic mass is 9.93. The minimum absolute atomic E-state index is 0.000984. The molecule has 0 saturated carbocycles. The first kappa shape index (κ1) is 40.5. The molecule has 0 atom stereocenters. The minimum Gasteiger partial charge on any atom is -0.424 e. The van der Waals surface area contributed by atoms with Crippen LogP contribution in [-0.2, 0) is 57.8 Å². The lowest BCUT2D eigenvalue weighted by Gasteiger charge is -2.19. The zero-order chi connectivity index (χ0) is 38.9. The third-order valence-electron chi connectivity index (χ3n) is 8.82. The van der Waals surface area contributed by atoms with Crippen LogP contribution in [0.15, 0.2) is 150 Å². The molecule has 6 heteroatoms. The van der Waals surface area contributed by atoms with Crippen LogP contribution in [0, 0.1) is 0 Å². The molecule has 4 aromatic rings. The molecule has 0 spiro atoms. The first-order valence-corrected chi connectivity index (χ1v) is 18.1. The van der Waals surface area contributed by atoms with Crippen LogP contribution in [-0.4, -0.2) is 15.0 Å². The Kier molecular flexibility index (Phi) is 15.5. The molecule has 54 heavy (non-hydrogen) atoms. The summed E-state index contributed by atoms with van der Waals surface area (Å²) in [6, 6.07) is 11.8. The van der Waals surface area contributed by atoms with E-state index in [9.17, 15) is 0 Å². The quantitative estimate of drug-likeness (QED) is 0.0672. The van der Waals surface area contributed by atoms with E-state index < -0.39 is 0 Å². The molecule has 4 rings (SSSR count). The molecule has 1 aromatic heterocycles. The number of aromatic nitrogens is 3. The molecule has 0 radical (unpaired) electrons. The van der Waals surface area contributed by atoms with Crippen molar-refractivity contribution in [2.45, 2.75) is 57.8 Å². The Morgan fingerprint density at radius 3 is 0.759 bits per heavy atom. The van der Waals surface area contributed by atoms with Crippen molar-refractivity contribution >= 4 is 0 Å². The van der Waals surface area contributed by atoms with E-state index in [0.717, 1.165) is 50.1 Å². The molecule has 6 nitrogen and oxygen atoms in total. The maximum Gasteiger partial charge on any atom is 0.331 e. The Hall–Kier alpha value is -6.27. The number of hydrogen-bond donors (Lipinski definition) is 0. The molecular weight excluding hydrogens is 667 g/mol. The van der Waals surface area contributed by atoms with Gasteiger partial charge in [-0.25, -0.2) is 0 Å². The summed E-state index contributed by atoms with van der Waals surface area (Å²) >= 11 is 0. The van der Waals surface area contributed by atoms with Gasteiger partial charge in [0, 0.05) is 16.7 Å². The van der Waals surface area contributed by atoms with Crippen molar-refractivity contribution in [1.82, 2.24) is 15.0 Å². The molecule has 0 fully saturated rings. The van der Waals surface area contributed by atoms with Gasteiger partial charge < -0.3 is 14.2 Å². The predicted molar refractivity (Wildman–Crippen MR) is 224 cm³/mol. The van der Waals surface area contributed by atoms with Gasteiger partial charge in [-0.05, 0) is 109 Å². The maximum atomic E-state index is 6.51. The van der Waals surface area contributed by atoms with Crippen molar-refractivity contribution in [3.8, 4) is 35.3 Å². The predicted octanol–water partition coefficient (Wildman–Crippen LogP) is 11.8. The number of benzene rings is 3. The van der Waals surface area contributed by atoms with Gasteiger partial charge in [0.15, 0.2) is 0 Å². The second kappa shape index (κ2) is 20.7. The van der Waals surface area contributed by atoms with Crippen molar-refractivity contribution in [1.29, 1.82) is 0 Å². The molecule has 0 N–H and O–H groups in total. The van der Waals surface area contributed by atoms with Crippen molar-refractivity contribution in [3.63, 3.8) is 0 Å². The van der Waals surface area contributed by atoms with E-state index in [1.54, 1.807) is 0 Å². The van der Waals surface area contributed by atoms with Crippen LogP contribution in [0.1, 0.15) is 50.1 Å². The normalized spacial score (nSPS) is 10.4. The molecule has 0 unspecified atom stereocenters. The van der Waals surface area contributed by atoms with E-state index in [1.165, 1.54) is 0 Å². The molecule has 0 amide bonds. The molecule has 276 valence electrons. The summed E-state index contributed by atoms with van der Waals surface area (Å²) in [5.74, 6) is 1.73. The summed E-state index contributed by atoms with van der Waals surface area (Å²) in [4.78, 5) is 14.0. The van der Waals surface area contributed by atoms with Gasteiger partial charge in [-0.1, -0.05) is 72.9 Å². The number of ether oxygens (including phenoxy) is 3. The Bertz CT molecular complexity index is 1810. The van der Waals surface area contributed by atoms with Gasteiger partial charge in [0.1, 0.15) is 17.2 Å². The van der Waals surface area contributed by atoms with Crippen LogP contribution < -0.4 is 14.2 Å². The highest BCUT2D eigenvalue weighted by molar-refractivity contribution is 5.51. The van der Waals surface area contributed by atoms with E-state index in [1.807, 2.05) is 91.1 Å². The van der Waals surface area contributed by atoms with E-state index >= 15 is 0 Å². The summed E-state index contributed by atoms with van der Waals surface area (Å²) in [6.07, 6.45) is 22.5. The Morgan fingerprint density at radius 2 is 0.537 bits per heavy atom. The fourth-order valence-corrected chi connectivity index (χ4v) is 6.54. The number of nitrogens with zero attached hydrogens (tertiary/aromatic N) is 3. The Morgan fingerprint density at radius 1 is 0.315 bits per heavy atom. The highest BCUT2D eigenvalue weighted by Gasteiger charge is 2.21. The largest absolute Gasteiger partial charge is 0.424 e. The minimum atomic E-state index is 0.000984. The van der Waals surface area contributed by atoms with Crippen molar-refractivity contribution in [2.24, 2.45) is 0 Å². The number of hydrogen-bond acceptors (Lipinski definition) is 6. The highest BCUT2D eigenvalue weighted by Crippen LogP contribution is 2.36. The second-order valence-corrected chi connectivity index (χ2v) is 12.5. The number of allylic oxidation sites excluding steroid dienone is 9. The lowest BCUT2D eigenvalue weighted by Crippen LogP contribution is -2.07. The molecular formula is C48H51N3O3. The third-order valence-corrected chi connectivity index (χ3v) is 8.82. The first-order chi connectivity index (χ1) is 26.4. The van der Waals surface area contributed by atoms with E-state index in [0.29, 0.717) is 75.0 Å². The maximum absolute atomic E-state index is 6.51. The molecule has 0 aliphatic carbocycles. The SMILES string of the molecule is C=CCc1ccc(Oc2nc(Oc3ccc(CC=C)c(CC=C)c3CC=C)nc(Oc3ccc(CC=C)c(CC=C)c3CC=C)n2)c(CC=C)c1CC=C. The zero-order valence-electron chi connectivity index (χ0n) is 31.5. The van der Waals surface area contributed by atoms with Crippen molar-refractivity contribution < 1.29 is 14.2 Å². The summed E-state index contributed by atoms with van der Waals surface area (Å²) in [5.41, 5.74) is 9.54.